The minimum absolute atomic E-state index is 0.0184. The van der Waals surface area contributed by atoms with E-state index in [9.17, 15) is 4.79 Å². The predicted octanol–water partition coefficient (Wildman–Crippen LogP) is 2.48. The third-order valence-corrected chi connectivity index (χ3v) is 3.21. The Bertz CT molecular complexity index is 393. The summed E-state index contributed by atoms with van der Waals surface area (Å²) >= 11 is 1.63. The second-order valence-electron chi connectivity index (χ2n) is 4.01. The summed E-state index contributed by atoms with van der Waals surface area (Å²) in [7, 11) is 1.63. The van der Waals surface area contributed by atoms with Crippen molar-refractivity contribution in [2.24, 2.45) is 0 Å². The van der Waals surface area contributed by atoms with E-state index in [0.29, 0.717) is 6.61 Å². The highest BCUT2D eigenvalue weighted by Crippen LogP contribution is 2.19. The Balaban J connectivity index is 2.80. The highest BCUT2D eigenvalue weighted by atomic mass is 32.2. The standard InChI is InChI=1S/C13H19NO2S/c1-9-5-6-11(17-4)7-12(9)13(15)14-10(2)8-16-3/h5-7,10H,8H2,1-4H3,(H,14,15)/t10-/m1/s1. The fourth-order valence-electron chi connectivity index (χ4n) is 1.57. The maximum atomic E-state index is 12.0. The van der Waals surface area contributed by atoms with Crippen molar-refractivity contribution < 1.29 is 9.53 Å². The minimum atomic E-state index is -0.0389. The van der Waals surface area contributed by atoms with Gasteiger partial charge in [-0.05, 0) is 37.8 Å². The molecule has 0 saturated carbocycles. The molecule has 0 aromatic heterocycles. The van der Waals surface area contributed by atoms with Gasteiger partial charge in [-0.15, -0.1) is 11.8 Å². The van der Waals surface area contributed by atoms with Crippen LogP contribution in [0, 0.1) is 6.92 Å². The van der Waals surface area contributed by atoms with Crippen LogP contribution in [-0.2, 0) is 4.74 Å². The Morgan fingerprint density at radius 1 is 1.53 bits per heavy atom. The van der Waals surface area contributed by atoms with Gasteiger partial charge in [0.1, 0.15) is 0 Å². The summed E-state index contributed by atoms with van der Waals surface area (Å²) in [6, 6.07) is 5.94. The lowest BCUT2D eigenvalue weighted by molar-refractivity contribution is 0.0904. The number of aryl methyl sites for hydroxylation is 1. The van der Waals surface area contributed by atoms with E-state index in [1.807, 2.05) is 38.3 Å². The Kier molecular flexibility index (Phi) is 5.51. The number of methoxy groups -OCH3 is 1. The number of nitrogens with one attached hydrogen (secondary N) is 1. The van der Waals surface area contributed by atoms with Gasteiger partial charge in [0.05, 0.1) is 6.61 Å². The molecule has 0 bridgehead atoms. The van der Waals surface area contributed by atoms with Gasteiger partial charge in [0.25, 0.3) is 5.91 Å². The first-order valence-electron chi connectivity index (χ1n) is 5.53. The van der Waals surface area contributed by atoms with Crippen molar-refractivity contribution in [3.05, 3.63) is 29.3 Å². The van der Waals surface area contributed by atoms with Gasteiger partial charge in [-0.3, -0.25) is 4.79 Å². The molecule has 1 rings (SSSR count). The molecule has 1 amide bonds. The molecule has 0 radical (unpaired) electrons. The van der Waals surface area contributed by atoms with Gasteiger partial charge < -0.3 is 10.1 Å². The van der Waals surface area contributed by atoms with E-state index < -0.39 is 0 Å². The van der Waals surface area contributed by atoms with E-state index in [2.05, 4.69) is 5.32 Å². The largest absolute Gasteiger partial charge is 0.383 e. The number of thioether (sulfide) groups is 1. The summed E-state index contributed by atoms with van der Waals surface area (Å²) in [5, 5.41) is 2.92. The average molecular weight is 253 g/mol. The number of amides is 1. The van der Waals surface area contributed by atoms with Gasteiger partial charge in [0.2, 0.25) is 0 Å². The van der Waals surface area contributed by atoms with Gasteiger partial charge in [-0.25, -0.2) is 0 Å². The molecule has 4 heteroatoms. The number of hydrogen-bond acceptors (Lipinski definition) is 3. The zero-order valence-corrected chi connectivity index (χ0v) is 11.6. The summed E-state index contributed by atoms with van der Waals surface area (Å²) in [6.45, 7) is 4.39. The van der Waals surface area contributed by atoms with Crippen molar-refractivity contribution in [3.8, 4) is 0 Å². The highest BCUT2D eigenvalue weighted by Gasteiger charge is 2.12. The van der Waals surface area contributed by atoms with E-state index in [1.54, 1.807) is 18.9 Å². The predicted molar refractivity (Wildman–Crippen MR) is 71.8 cm³/mol. The summed E-state index contributed by atoms with van der Waals surface area (Å²) in [5.41, 5.74) is 1.73. The SMILES string of the molecule is COC[C@@H](C)NC(=O)c1cc(SC)ccc1C. The highest BCUT2D eigenvalue weighted by molar-refractivity contribution is 7.98. The normalized spacial score (nSPS) is 12.2. The molecular formula is C13H19NO2S. The molecule has 1 atom stereocenters. The lowest BCUT2D eigenvalue weighted by atomic mass is 10.1. The van der Waals surface area contributed by atoms with Crippen LogP contribution < -0.4 is 5.32 Å². The van der Waals surface area contributed by atoms with Crippen molar-refractivity contribution in [1.29, 1.82) is 0 Å². The fraction of sp³-hybridized carbons (Fsp3) is 0.462. The molecule has 0 heterocycles. The zero-order valence-electron chi connectivity index (χ0n) is 10.7. The molecule has 0 saturated heterocycles. The molecule has 0 aliphatic heterocycles. The van der Waals surface area contributed by atoms with Crippen LogP contribution in [0.2, 0.25) is 0 Å². The molecule has 94 valence electrons. The first-order valence-corrected chi connectivity index (χ1v) is 6.75. The molecule has 0 spiro atoms. The van der Waals surface area contributed by atoms with Crippen molar-refractivity contribution >= 4 is 17.7 Å². The summed E-state index contributed by atoms with van der Waals surface area (Å²) in [5.74, 6) is -0.0389. The van der Waals surface area contributed by atoms with Crippen LogP contribution in [0.15, 0.2) is 23.1 Å². The molecular weight excluding hydrogens is 234 g/mol. The van der Waals surface area contributed by atoms with Gasteiger partial charge in [-0.2, -0.15) is 0 Å². The number of carbonyl (C=O) groups is 1. The minimum Gasteiger partial charge on any atom is -0.383 e. The number of rotatable bonds is 5. The molecule has 0 aliphatic carbocycles. The maximum Gasteiger partial charge on any atom is 0.251 e. The van der Waals surface area contributed by atoms with Crippen molar-refractivity contribution in [3.63, 3.8) is 0 Å². The monoisotopic (exact) mass is 253 g/mol. The first-order chi connectivity index (χ1) is 8.08. The molecule has 1 aromatic carbocycles. The Labute approximate surface area is 107 Å². The van der Waals surface area contributed by atoms with E-state index in [-0.39, 0.29) is 11.9 Å². The van der Waals surface area contributed by atoms with Crippen LogP contribution in [0.5, 0.6) is 0 Å². The summed E-state index contributed by atoms with van der Waals surface area (Å²) in [4.78, 5) is 13.1. The quantitative estimate of drug-likeness (QED) is 0.819. The number of ether oxygens (including phenoxy) is 1. The lowest BCUT2D eigenvalue weighted by Gasteiger charge is -2.14. The van der Waals surface area contributed by atoms with Crippen LogP contribution in [0.4, 0.5) is 0 Å². The Morgan fingerprint density at radius 3 is 2.82 bits per heavy atom. The van der Waals surface area contributed by atoms with Crippen LogP contribution in [-0.4, -0.2) is 31.9 Å². The third kappa shape index (κ3) is 4.06. The molecule has 17 heavy (non-hydrogen) atoms. The average Bonchev–Trinajstić information content (AvgIpc) is 2.29. The van der Waals surface area contributed by atoms with Crippen LogP contribution >= 0.6 is 11.8 Å². The molecule has 0 fully saturated rings. The second-order valence-corrected chi connectivity index (χ2v) is 4.89. The molecule has 0 unspecified atom stereocenters. The van der Waals surface area contributed by atoms with Crippen LogP contribution in [0.1, 0.15) is 22.8 Å². The smallest absolute Gasteiger partial charge is 0.251 e. The maximum absolute atomic E-state index is 12.0. The topological polar surface area (TPSA) is 38.3 Å². The number of carbonyl (C=O) groups excluding carboxylic acids is 1. The van der Waals surface area contributed by atoms with Crippen molar-refractivity contribution in [2.75, 3.05) is 20.0 Å². The van der Waals surface area contributed by atoms with Crippen LogP contribution in [0.3, 0.4) is 0 Å². The summed E-state index contributed by atoms with van der Waals surface area (Å²) < 4.78 is 5.00. The Morgan fingerprint density at radius 2 is 2.24 bits per heavy atom. The zero-order chi connectivity index (χ0) is 12.8. The van der Waals surface area contributed by atoms with E-state index in [4.69, 9.17) is 4.74 Å². The number of benzene rings is 1. The van der Waals surface area contributed by atoms with Gasteiger partial charge in [0, 0.05) is 23.6 Å². The van der Waals surface area contributed by atoms with Gasteiger partial charge in [0.15, 0.2) is 0 Å². The van der Waals surface area contributed by atoms with E-state index >= 15 is 0 Å². The van der Waals surface area contributed by atoms with Gasteiger partial charge in [-0.1, -0.05) is 6.07 Å². The third-order valence-electron chi connectivity index (χ3n) is 2.48. The molecule has 1 N–H and O–H groups in total. The molecule has 3 nitrogen and oxygen atoms in total. The van der Waals surface area contributed by atoms with E-state index in [1.165, 1.54) is 0 Å². The molecule has 0 aliphatic rings. The lowest BCUT2D eigenvalue weighted by Crippen LogP contribution is -2.35. The van der Waals surface area contributed by atoms with Crippen molar-refractivity contribution in [2.45, 2.75) is 24.8 Å². The number of hydrogen-bond donors (Lipinski definition) is 1. The fourth-order valence-corrected chi connectivity index (χ4v) is 2.01. The van der Waals surface area contributed by atoms with Crippen molar-refractivity contribution in [1.82, 2.24) is 5.32 Å². The molecule has 1 aromatic rings. The Hall–Kier alpha value is -1.00. The second kappa shape index (κ2) is 6.67. The first kappa shape index (κ1) is 14.1. The van der Waals surface area contributed by atoms with Crippen LogP contribution in [0.25, 0.3) is 0 Å². The van der Waals surface area contributed by atoms with E-state index in [0.717, 1.165) is 16.0 Å². The summed E-state index contributed by atoms with van der Waals surface area (Å²) in [6.07, 6.45) is 2.00. The van der Waals surface area contributed by atoms with Gasteiger partial charge >= 0.3 is 0 Å².